The number of rotatable bonds is 6. The van der Waals surface area contributed by atoms with Crippen molar-refractivity contribution in [3.05, 3.63) is 88.5 Å². The Balaban J connectivity index is 1.93. The van der Waals surface area contributed by atoms with Gasteiger partial charge in [-0.05, 0) is 61.3 Å². The zero-order valence-corrected chi connectivity index (χ0v) is 17.4. The lowest BCUT2D eigenvalue weighted by molar-refractivity contribution is 0.200. The second kappa shape index (κ2) is 8.69. The largest absolute Gasteiger partial charge is 0.488 e. The van der Waals surface area contributed by atoms with Crippen molar-refractivity contribution < 1.29 is 9.84 Å². The quantitative estimate of drug-likeness (QED) is 0.620. The van der Waals surface area contributed by atoms with E-state index < -0.39 is 6.10 Å². The monoisotopic (exact) mass is 378 g/mol. The second-order valence-electron chi connectivity index (χ2n) is 7.12. The lowest BCUT2D eigenvalue weighted by atomic mass is 10.1. The Bertz CT molecular complexity index is 917. The van der Waals surface area contributed by atoms with E-state index in [9.17, 15) is 5.11 Å². The number of aliphatic hydroxyl groups excluding tert-OH is 1. The van der Waals surface area contributed by atoms with Crippen LogP contribution in [0.25, 0.3) is 0 Å². The average molecular weight is 378 g/mol. The summed E-state index contributed by atoms with van der Waals surface area (Å²) in [5, 5.41) is 12.6. The van der Waals surface area contributed by atoms with Gasteiger partial charge in [0.05, 0.1) is 6.10 Å². The van der Waals surface area contributed by atoms with E-state index in [-0.39, 0.29) is 0 Å². The number of hydrogen-bond donors (Lipinski definition) is 1. The van der Waals surface area contributed by atoms with Gasteiger partial charge < -0.3 is 9.84 Å². The molecule has 0 radical (unpaired) electrons. The molecule has 0 saturated carbocycles. The molecule has 3 aromatic rings. The third-order valence-electron chi connectivity index (χ3n) is 4.57. The number of aliphatic hydroxyl groups is 1. The Morgan fingerprint density at radius 3 is 2.33 bits per heavy atom. The van der Waals surface area contributed by atoms with Gasteiger partial charge in [0.2, 0.25) is 0 Å². The summed E-state index contributed by atoms with van der Waals surface area (Å²) in [5.74, 6) is 0.958. The minimum Gasteiger partial charge on any atom is -0.488 e. The first kappa shape index (κ1) is 19.6. The topological polar surface area (TPSA) is 29.5 Å². The molecule has 0 aliphatic rings. The molecule has 3 aromatic carbocycles. The van der Waals surface area contributed by atoms with Crippen LogP contribution < -0.4 is 15.3 Å². The molecule has 3 heteroatoms. The van der Waals surface area contributed by atoms with E-state index >= 15 is 0 Å². The highest BCUT2D eigenvalue weighted by Crippen LogP contribution is 2.28. The molecular formula is C24H27O2P. The minimum atomic E-state index is -0.480. The van der Waals surface area contributed by atoms with Gasteiger partial charge >= 0.3 is 0 Å². The van der Waals surface area contributed by atoms with Gasteiger partial charge in [0.15, 0.2) is 0 Å². The van der Waals surface area contributed by atoms with Crippen LogP contribution >= 0.6 is 8.58 Å². The molecule has 0 heterocycles. The lowest BCUT2D eigenvalue weighted by Crippen LogP contribution is -2.15. The van der Waals surface area contributed by atoms with Crippen molar-refractivity contribution >= 4 is 19.2 Å². The number of aryl methyl sites for hydroxylation is 3. The summed E-state index contributed by atoms with van der Waals surface area (Å²) in [6.45, 7) is 8.67. The molecule has 0 amide bonds. The van der Waals surface area contributed by atoms with E-state index in [1.165, 1.54) is 21.7 Å². The van der Waals surface area contributed by atoms with Gasteiger partial charge in [-0.25, -0.2) is 0 Å². The van der Waals surface area contributed by atoms with Gasteiger partial charge in [0.1, 0.15) is 12.4 Å². The number of hydrogen-bond acceptors (Lipinski definition) is 2. The predicted molar refractivity (Wildman–Crippen MR) is 116 cm³/mol. The highest BCUT2D eigenvalue weighted by Gasteiger charge is 2.14. The molecule has 2 nitrogen and oxygen atoms in total. The maximum atomic E-state index is 10.2. The molecule has 140 valence electrons. The number of ether oxygens (including phenoxy) is 1. The molecule has 0 aliphatic heterocycles. The molecule has 0 aromatic heterocycles. The van der Waals surface area contributed by atoms with Crippen molar-refractivity contribution in [2.24, 2.45) is 0 Å². The van der Waals surface area contributed by atoms with Crippen LogP contribution in [0.2, 0.25) is 0 Å². The van der Waals surface area contributed by atoms with E-state index in [1.807, 2.05) is 25.1 Å². The van der Waals surface area contributed by atoms with Crippen molar-refractivity contribution in [2.75, 3.05) is 0 Å². The maximum Gasteiger partial charge on any atom is 0.130 e. The summed E-state index contributed by atoms with van der Waals surface area (Å²) in [6, 6.07) is 20.9. The second-order valence-corrected chi connectivity index (χ2v) is 8.45. The van der Waals surface area contributed by atoms with Crippen LogP contribution in [-0.2, 0) is 6.61 Å². The zero-order valence-electron chi connectivity index (χ0n) is 16.4. The van der Waals surface area contributed by atoms with Gasteiger partial charge in [0, 0.05) is 5.30 Å². The van der Waals surface area contributed by atoms with E-state index in [0.29, 0.717) is 15.2 Å². The smallest absolute Gasteiger partial charge is 0.130 e. The van der Waals surface area contributed by atoms with Crippen molar-refractivity contribution in [3.63, 3.8) is 0 Å². The fourth-order valence-electron chi connectivity index (χ4n) is 3.26. The summed E-state index contributed by atoms with van der Waals surface area (Å²) in [5.41, 5.74) is 5.71. The van der Waals surface area contributed by atoms with Crippen molar-refractivity contribution in [1.29, 1.82) is 0 Å². The van der Waals surface area contributed by atoms with Gasteiger partial charge in [-0.1, -0.05) is 68.7 Å². The first-order valence-electron chi connectivity index (χ1n) is 9.27. The standard InChI is InChI=1S/C24H27O2P/c1-16-10-11-22(21(13-16)19(4)25)27-23-14-17(2)12-18(3)24(23)26-15-20-8-6-5-7-9-20/h5-14,19,25,27H,15H2,1-4H3. The summed E-state index contributed by atoms with van der Waals surface area (Å²) in [4.78, 5) is 0. The molecule has 27 heavy (non-hydrogen) atoms. The van der Waals surface area contributed by atoms with Gasteiger partial charge in [-0.2, -0.15) is 0 Å². The Morgan fingerprint density at radius 1 is 0.889 bits per heavy atom. The lowest BCUT2D eigenvalue weighted by Gasteiger charge is -2.18. The highest BCUT2D eigenvalue weighted by molar-refractivity contribution is 7.55. The van der Waals surface area contributed by atoms with E-state index in [4.69, 9.17) is 4.74 Å². The summed E-state index contributed by atoms with van der Waals surface area (Å²) < 4.78 is 6.25. The van der Waals surface area contributed by atoms with Gasteiger partial charge in [-0.3, -0.25) is 0 Å². The van der Waals surface area contributed by atoms with Crippen LogP contribution in [0, 0.1) is 20.8 Å². The summed E-state index contributed by atoms with van der Waals surface area (Å²) in [7, 11) is 0.439. The maximum absolute atomic E-state index is 10.2. The van der Waals surface area contributed by atoms with Crippen molar-refractivity contribution in [3.8, 4) is 5.75 Å². The molecule has 2 unspecified atom stereocenters. The van der Waals surface area contributed by atoms with Crippen molar-refractivity contribution in [1.82, 2.24) is 0 Å². The van der Waals surface area contributed by atoms with Crippen LogP contribution in [0.3, 0.4) is 0 Å². The molecule has 1 N–H and O–H groups in total. The van der Waals surface area contributed by atoms with Crippen molar-refractivity contribution in [2.45, 2.75) is 40.4 Å². The molecule has 0 saturated heterocycles. The molecule has 3 rings (SSSR count). The summed E-state index contributed by atoms with van der Waals surface area (Å²) in [6.07, 6.45) is -0.480. The molecule has 2 atom stereocenters. The molecule has 0 aliphatic carbocycles. The third-order valence-corrected chi connectivity index (χ3v) is 5.94. The normalized spacial score (nSPS) is 12.5. The highest BCUT2D eigenvalue weighted by atomic mass is 31.1. The Labute approximate surface area is 164 Å². The van der Waals surface area contributed by atoms with E-state index in [2.05, 4.69) is 63.2 Å². The van der Waals surface area contributed by atoms with E-state index in [1.54, 1.807) is 0 Å². The Kier molecular flexibility index (Phi) is 6.31. The zero-order chi connectivity index (χ0) is 19.4. The minimum absolute atomic E-state index is 0.439. The fraction of sp³-hybridized carbons (Fsp3) is 0.250. The fourth-order valence-corrected chi connectivity index (χ4v) is 4.82. The van der Waals surface area contributed by atoms with Gasteiger partial charge in [0.25, 0.3) is 0 Å². The first-order valence-corrected chi connectivity index (χ1v) is 10.3. The van der Waals surface area contributed by atoms with Gasteiger partial charge in [-0.15, -0.1) is 0 Å². The summed E-state index contributed by atoms with van der Waals surface area (Å²) >= 11 is 0. The van der Waals surface area contributed by atoms with Crippen LogP contribution in [0.5, 0.6) is 5.75 Å². The van der Waals surface area contributed by atoms with Crippen LogP contribution in [-0.4, -0.2) is 5.11 Å². The number of benzene rings is 3. The Hall–Kier alpha value is -2.15. The molecule has 0 fully saturated rings. The first-order chi connectivity index (χ1) is 12.9. The SMILES string of the molecule is Cc1cc(C)c(OCc2ccccc2)c(Pc2ccc(C)cc2C(C)O)c1. The average Bonchev–Trinajstić information content (AvgIpc) is 2.63. The Morgan fingerprint density at radius 2 is 1.63 bits per heavy atom. The molecular weight excluding hydrogens is 351 g/mol. The van der Waals surface area contributed by atoms with Crippen LogP contribution in [0.4, 0.5) is 0 Å². The van der Waals surface area contributed by atoms with Crippen LogP contribution in [0.15, 0.2) is 60.7 Å². The molecule has 0 spiro atoms. The third kappa shape index (κ3) is 4.97. The molecule has 0 bridgehead atoms. The predicted octanol–water partition coefficient (Wildman–Crippen LogP) is 4.87. The van der Waals surface area contributed by atoms with E-state index in [0.717, 1.165) is 22.4 Å². The van der Waals surface area contributed by atoms with Crippen LogP contribution in [0.1, 0.15) is 40.8 Å².